The Morgan fingerprint density at radius 3 is 1.62 bits per heavy atom. The van der Waals surface area contributed by atoms with Gasteiger partial charge in [0.05, 0.1) is 65.3 Å². The van der Waals surface area contributed by atoms with Crippen LogP contribution in [0, 0.1) is 20.2 Å². The topological polar surface area (TPSA) is 219 Å². The van der Waals surface area contributed by atoms with E-state index in [4.69, 9.17) is 18.9 Å². The number of para-hydroxylation sites is 1. The van der Waals surface area contributed by atoms with E-state index in [9.17, 15) is 39.4 Å². The minimum atomic E-state index is -0.970. The van der Waals surface area contributed by atoms with Crippen LogP contribution in [0.15, 0.2) is 124 Å². The molecule has 0 saturated heterocycles. The third-order valence-corrected chi connectivity index (χ3v) is 9.82. The summed E-state index contributed by atoms with van der Waals surface area (Å²) in [5, 5.41) is 28.8. The maximum Gasteiger partial charge on any atom is 0.336 e. The molecule has 2 heterocycles. The van der Waals surface area contributed by atoms with Crippen molar-refractivity contribution in [3.8, 4) is 0 Å². The Hall–Kier alpha value is -7.14. The number of methoxy groups -OCH3 is 3. The summed E-state index contributed by atoms with van der Waals surface area (Å²) in [6.07, 6.45) is 0. The number of nitrogens with one attached hydrogen (secondary N) is 2. The number of dihydropyridines is 2. The summed E-state index contributed by atoms with van der Waals surface area (Å²) in [5.74, 6) is -4.44. The van der Waals surface area contributed by atoms with Crippen molar-refractivity contribution >= 4 is 35.3 Å². The number of carbonyl (C=O) groups is 4. The largest absolute Gasteiger partial charge is 0.466 e. The number of benzene rings is 3. The molecular formula is C43H47N5O12. The molecule has 17 heteroatoms. The smallest absolute Gasteiger partial charge is 0.336 e. The summed E-state index contributed by atoms with van der Waals surface area (Å²) in [6.45, 7) is 8.03. The molecule has 5 rings (SSSR count). The number of likely N-dealkylation sites (N-methyl/N-ethyl adjacent to an activating group) is 1. The van der Waals surface area contributed by atoms with Crippen LogP contribution >= 0.6 is 0 Å². The monoisotopic (exact) mass is 825 g/mol. The number of hydrogen-bond acceptors (Lipinski definition) is 15. The lowest BCUT2D eigenvalue weighted by Crippen LogP contribution is -2.33. The number of nitro groups is 2. The van der Waals surface area contributed by atoms with Gasteiger partial charge in [-0.1, -0.05) is 60.7 Å². The van der Waals surface area contributed by atoms with Gasteiger partial charge in [-0.05, 0) is 45.9 Å². The van der Waals surface area contributed by atoms with E-state index in [0.717, 1.165) is 5.56 Å². The predicted octanol–water partition coefficient (Wildman–Crippen LogP) is 5.85. The second-order valence-corrected chi connectivity index (χ2v) is 13.8. The Balaban J connectivity index is 0.000000280. The van der Waals surface area contributed by atoms with Crippen molar-refractivity contribution in [1.82, 2.24) is 15.5 Å². The lowest BCUT2D eigenvalue weighted by Gasteiger charge is -2.30. The van der Waals surface area contributed by atoms with E-state index in [-0.39, 0.29) is 45.8 Å². The molecule has 1 atom stereocenters. The zero-order valence-corrected chi connectivity index (χ0v) is 34.5. The van der Waals surface area contributed by atoms with Crippen molar-refractivity contribution in [1.29, 1.82) is 0 Å². The number of hydrogen-bond donors (Lipinski definition) is 2. The molecular weight excluding hydrogens is 778 g/mol. The first kappa shape index (κ1) is 45.6. The van der Waals surface area contributed by atoms with E-state index < -0.39 is 45.6 Å². The molecule has 0 aromatic heterocycles. The van der Waals surface area contributed by atoms with Crippen LogP contribution in [0.5, 0.6) is 0 Å². The molecule has 0 saturated carbocycles. The molecule has 316 valence electrons. The van der Waals surface area contributed by atoms with Crippen molar-refractivity contribution < 1.29 is 48.0 Å². The maximum absolute atomic E-state index is 13.3. The molecule has 2 aliphatic heterocycles. The van der Waals surface area contributed by atoms with E-state index >= 15 is 0 Å². The van der Waals surface area contributed by atoms with E-state index in [2.05, 4.69) is 10.6 Å². The molecule has 60 heavy (non-hydrogen) atoms. The fraction of sp³-hybridized carbons (Fsp3) is 0.302. The molecule has 3 aromatic carbocycles. The fourth-order valence-corrected chi connectivity index (χ4v) is 7.11. The van der Waals surface area contributed by atoms with Gasteiger partial charge in [-0.2, -0.15) is 0 Å². The third-order valence-electron chi connectivity index (χ3n) is 9.82. The number of rotatable bonds is 13. The van der Waals surface area contributed by atoms with Gasteiger partial charge in [0.25, 0.3) is 11.4 Å². The summed E-state index contributed by atoms with van der Waals surface area (Å²) in [7, 11) is 5.60. The van der Waals surface area contributed by atoms with E-state index in [1.807, 2.05) is 42.3 Å². The van der Waals surface area contributed by atoms with Crippen LogP contribution in [-0.2, 0) is 44.7 Å². The van der Waals surface area contributed by atoms with E-state index in [1.54, 1.807) is 39.8 Å². The average molecular weight is 826 g/mol. The number of allylic oxidation sites excluding steroid dienone is 4. The zero-order valence-electron chi connectivity index (χ0n) is 34.5. The van der Waals surface area contributed by atoms with Crippen LogP contribution in [0.3, 0.4) is 0 Å². The Kier molecular flexibility index (Phi) is 15.6. The average Bonchev–Trinajstić information content (AvgIpc) is 3.22. The molecule has 1 unspecified atom stereocenters. The van der Waals surface area contributed by atoms with Gasteiger partial charge < -0.3 is 29.6 Å². The number of esters is 4. The van der Waals surface area contributed by atoms with Crippen molar-refractivity contribution in [3.63, 3.8) is 0 Å². The molecule has 0 bridgehead atoms. The fourth-order valence-electron chi connectivity index (χ4n) is 7.11. The molecule has 2 N–H and O–H groups in total. The van der Waals surface area contributed by atoms with Crippen LogP contribution < -0.4 is 10.6 Å². The first-order valence-electron chi connectivity index (χ1n) is 18.5. The Morgan fingerprint density at radius 2 is 1.12 bits per heavy atom. The molecule has 0 fully saturated rings. The summed E-state index contributed by atoms with van der Waals surface area (Å²) >= 11 is 0. The van der Waals surface area contributed by atoms with Gasteiger partial charge in [-0.15, -0.1) is 0 Å². The lowest BCUT2D eigenvalue weighted by molar-refractivity contribution is -0.385. The van der Waals surface area contributed by atoms with Crippen LogP contribution in [0.2, 0.25) is 0 Å². The van der Waals surface area contributed by atoms with Gasteiger partial charge >= 0.3 is 23.9 Å². The van der Waals surface area contributed by atoms with Gasteiger partial charge in [0.2, 0.25) is 0 Å². The molecule has 0 amide bonds. The highest BCUT2D eigenvalue weighted by molar-refractivity contribution is 6.01. The van der Waals surface area contributed by atoms with Gasteiger partial charge in [0.1, 0.15) is 6.61 Å². The van der Waals surface area contributed by atoms with E-state index in [0.29, 0.717) is 41.4 Å². The number of ether oxygens (including phenoxy) is 4. The molecule has 0 radical (unpaired) electrons. The molecule has 17 nitrogen and oxygen atoms in total. The van der Waals surface area contributed by atoms with Gasteiger partial charge in [0, 0.05) is 59.6 Å². The molecule has 3 aromatic rings. The summed E-state index contributed by atoms with van der Waals surface area (Å²) in [5.41, 5.74) is 4.04. The van der Waals surface area contributed by atoms with Gasteiger partial charge in [-0.25, -0.2) is 19.2 Å². The quantitative estimate of drug-likeness (QED) is 0.0893. The van der Waals surface area contributed by atoms with Gasteiger partial charge in [0.15, 0.2) is 0 Å². The SMILES string of the molecule is COC(=O)C1=C(C)NC(C)=C(C(=O)OC)C1c1ccccc1[N+](=O)[O-].COC(=O)C1=C(C)NC(C)=C(C(=O)OCCN(C)Cc2ccccc2)C1c1cccc([N+](=O)[O-])c1. The van der Waals surface area contributed by atoms with Crippen LogP contribution in [0.4, 0.5) is 11.4 Å². The van der Waals surface area contributed by atoms with Crippen LogP contribution in [0.25, 0.3) is 0 Å². The minimum Gasteiger partial charge on any atom is -0.466 e. The van der Waals surface area contributed by atoms with Crippen molar-refractivity contribution in [2.45, 2.75) is 46.1 Å². The van der Waals surface area contributed by atoms with Crippen LogP contribution in [0.1, 0.15) is 56.2 Å². The van der Waals surface area contributed by atoms with E-state index in [1.165, 1.54) is 57.7 Å². The van der Waals surface area contributed by atoms with Crippen molar-refractivity contribution in [2.75, 3.05) is 41.5 Å². The molecule has 0 aliphatic carbocycles. The highest BCUT2D eigenvalue weighted by Gasteiger charge is 2.41. The second-order valence-electron chi connectivity index (χ2n) is 13.8. The maximum atomic E-state index is 13.3. The molecule has 0 spiro atoms. The zero-order chi connectivity index (χ0) is 44.3. The van der Waals surface area contributed by atoms with Crippen molar-refractivity contribution in [3.05, 3.63) is 161 Å². The Morgan fingerprint density at radius 1 is 0.633 bits per heavy atom. The highest BCUT2D eigenvalue weighted by Crippen LogP contribution is 2.43. The lowest BCUT2D eigenvalue weighted by atomic mass is 9.79. The Bertz CT molecular complexity index is 2260. The summed E-state index contributed by atoms with van der Waals surface area (Å²) in [4.78, 5) is 74.4. The predicted molar refractivity (Wildman–Crippen MR) is 219 cm³/mol. The minimum absolute atomic E-state index is 0.128. The number of carbonyl (C=O) groups excluding carboxylic acids is 4. The standard InChI is InChI=1S/C26H29N3O6.C17H18N2O6/c1-17-22(25(30)34-4)24(20-11-8-12-21(15-20)29(32)33)23(18(2)27-17)26(31)35-14-13-28(3)16-19-9-6-5-7-10-19;1-9-13(16(20)24-3)15(14(10(2)18-9)17(21)25-4)11-7-5-6-8-12(11)19(22)23/h5-12,15,24,27H,13-14,16H2,1-4H3;5-8,15,18H,1-4H3. The number of non-ortho nitro benzene ring substituents is 1. The second kappa shape index (κ2) is 20.5. The first-order chi connectivity index (χ1) is 28.6. The molecule has 2 aliphatic rings. The summed E-state index contributed by atoms with van der Waals surface area (Å²) < 4.78 is 20.2. The van der Waals surface area contributed by atoms with Crippen molar-refractivity contribution in [2.24, 2.45) is 0 Å². The third kappa shape index (κ3) is 10.5. The number of nitro benzene ring substituents is 2. The summed E-state index contributed by atoms with van der Waals surface area (Å²) in [6, 6.07) is 21.8. The van der Waals surface area contributed by atoms with Gasteiger partial charge in [-0.3, -0.25) is 25.1 Å². The normalized spacial score (nSPS) is 15.3. The first-order valence-corrected chi connectivity index (χ1v) is 18.5. The Labute approximate surface area is 346 Å². The highest BCUT2D eigenvalue weighted by atomic mass is 16.6. The van der Waals surface area contributed by atoms with Crippen LogP contribution in [-0.4, -0.2) is 80.2 Å². The number of nitrogens with zero attached hydrogens (tertiary/aromatic N) is 3.